The normalized spacial score (nSPS) is 11.7. The maximum Gasteiger partial charge on any atom is 0.272 e. The van der Waals surface area contributed by atoms with E-state index in [1.807, 2.05) is 25.1 Å². The molecule has 0 spiro atoms. The van der Waals surface area contributed by atoms with E-state index >= 15 is 0 Å². The number of pyridine rings is 1. The first kappa shape index (κ1) is 14.9. The molecular weight excluding hydrogens is 266 g/mol. The Hall–Kier alpha value is -2.50. The zero-order valence-electron chi connectivity index (χ0n) is 12.2. The number of hydrogen-bond acceptors (Lipinski definition) is 5. The topological polar surface area (TPSA) is 79.8 Å². The SMILES string of the molecule is CCCNc1cnc(C(=O)NC(C)c2ccccn2)cn1. The Kier molecular flexibility index (Phi) is 5.20. The summed E-state index contributed by atoms with van der Waals surface area (Å²) >= 11 is 0. The Balaban J connectivity index is 1.97. The monoisotopic (exact) mass is 285 g/mol. The fourth-order valence-electron chi connectivity index (χ4n) is 1.77. The number of rotatable bonds is 6. The van der Waals surface area contributed by atoms with E-state index in [1.54, 1.807) is 12.4 Å². The minimum absolute atomic E-state index is 0.182. The van der Waals surface area contributed by atoms with Crippen molar-refractivity contribution in [1.82, 2.24) is 20.3 Å². The molecule has 1 unspecified atom stereocenters. The van der Waals surface area contributed by atoms with Crippen molar-refractivity contribution in [2.45, 2.75) is 26.3 Å². The van der Waals surface area contributed by atoms with Crippen molar-refractivity contribution < 1.29 is 4.79 Å². The second-order valence-corrected chi connectivity index (χ2v) is 4.66. The first-order valence-electron chi connectivity index (χ1n) is 6.98. The van der Waals surface area contributed by atoms with Gasteiger partial charge in [0.05, 0.1) is 24.1 Å². The summed E-state index contributed by atoms with van der Waals surface area (Å²) in [5.74, 6) is 0.411. The lowest BCUT2D eigenvalue weighted by molar-refractivity contribution is 0.0933. The third kappa shape index (κ3) is 4.24. The van der Waals surface area contributed by atoms with Crippen molar-refractivity contribution in [2.75, 3.05) is 11.9 Å². The Morgan fingerprint density at radius 2 is 2.10 bits per heavy atom. The predicted molar refractivity (Wildman–Crippen MR) is 80.9 cm³/mol. The highest BCUT2D eigenvalue weighted by Gasteiger charge is 2.13. The summed E-state index contributed by atoms with van der Waals surface area (Å²) in [6.07, 6.45) is 5.74. The number of aromatic nitrogens is 3. The molecule has 0 aliphatic heterocycles. The van der Waals surface area contributed by atoms with Crippen LogP contribution in [0, 0.1) is 0 Å². The summed E-state index contributed by atoms with van der Waals surface area (Å²) in [6.45, 7) is 4.78. The van der Waals surface area contributed by atoms with Crippen LogP contribution < -0.4 is 10.6 Å². The third-order valence-electron chi connectivity index (χ3n) is 2.92. The van der Waals surface area contributed by atoms with Gasteiger partial charge in [-0.15, -0.1) is 0 Å². The van der Waals surface area contributed by atoms with Gasteiger partial charge >= 0.3 is 0 Å². The largest absolute Gasteiger partial charge is 0.369 e. The van der Waals surface area contributed by atoms with Crippen LogP contribution in [0.2, 0.25) is 0 Å². The number of anilines is 1. The lowest BCUT2D eigenvalue weighted by Crippen LogP contribution is -2.28. The van der Waals surface area contributed by atoms with Crippen LogP contribution in [0.4, 0.5) is 5.82 Å². The third-order valence-corrected chi connectivity index (χ3v) is 2.92. The van der Waals surface area contributed by atoms with Gasteiger partial charge in [0.2, 0.25) is 0 Å². The minimum atomic E-state index is -0.261. The summed E-state index contributed by atoms with van der Waals surface area (Å²) in [4.78, 5) is 24.6. The number of carbonyl (C=O) groups is 1. The molecule has 0 saturated heterocycles. The van der Waals surface area contributed by atoms with Crippen LogP contribution in [0.1, 0.15) is 42.5 Å². The molecular formula is C15H19N5O. The van der Waals surface area contributed by atoms with E-state index in [2.05, 4.69) is 32.5 Å². The van der Waals surface area contributed by atoms with Gasteiger partial charge < -0.3 is 10.6 Å². The van der Waals surface area contributed by atoms with Crippen LogP contribution in [0.15, 0.2) is 36.8 Å². The molecule has 1 amide bonds. The van der Waals surface area contributed by atoms with Gasteiger partial charge in [-0.1, -0.05) is 13.0 Å². The average molecular weight is 285 g/mol. The molecule has 2 aromatic heterocycles. The van der Waals surface area contributed by atoms with Crippen LogP contribution in [-0.2, 0) is 0 Å². The molecule has 0 aliphatic carbocycles. The summed E-state index contributed by atoms with van der Waals surface area (Å²) in [6, 6.07) is 5.41. The van der Waals surface area contributed by atoms with Gasteiger partial charge in [0.15, 0.2) is 0 Å². The number of amides is 1. The highest BCUT2D eigenvalue weighted by Crippen LogP contribution is 2.09. The molecule has 6 nitrogen and oxygen atoms in total. The van der Waals surface area contributed by atoms with E-state index in [-0.39, 0.29) is 11.9 Å². The highest BCUT2D eigenvalue weighted by atomic mass is 16.1. The highest BCUT2D eigenvalue weighted by molar-refractivity contribution is 5.92. The molecule has 2 N–H and O–H groups in total. The number of hydrogen-bond donors (Lipinski definition) is 2. The molecule has 0 radical (unpaired) electrons. The van der Waals surface area contributed by atoms with E-state index in [9.17, 15) is 4.79 Å². The first-order valence-corrected chi connectivity index (χ1v) is 6.98. The number of nitrogens with zero attached hydrogens (tertiary/aromatic N) is 3. The Morgan fingerprint density at radius 3 is 2.71 bits per heavy atom. The molecule has 2 aromatic rings. The number of carbonyl (C=O) groups excluding carboxylic acids is 1. The van der Waals surface area contributed by atoms with Gasteiger partial charge in [-0.2, -0.15) is 0 Å². The number of nitrogens with one attached hydrogen (secondary N) is 2. The molecule has 110 valence electrons. The molecule has 0 bridgehead atoms. The van der Waals surface area contributed by atoms with Crippen molar-refractivity contribution in [2.24, 2.45) is 0 Å². The van der Waals surface area contributed by atoms with Crippen LogP contribution in [0.3, 0.4) is 0 Å². The molecule has 0 aromatic carbocycles. The Bertz CT molecular complexity index is 570. The quantitative estimate of drug-likeness (QED) is 0.850. The van der Waals surface area contributed by atoms with Crippen molar-refractivity contribution in [3.63, 3.8) is 0 Å². The summed E-state index contributed by atoms with van der Waals surface area (Å²) in [5.41, 5.74) is 1.10. The molecule has 0 aliphatic rings. The van der Waals surface area contributed by atoms with Gasteiger partial charge in [0, 0.05) is 12.7 Å². The van der Waals surface area contributed by atoms with Crippen LogP contribution in [-0.4, -0.2) is 27.4 Å². The van der Waals surface area contributed by atoms with Crippen molar-refractivity contribution in [1.29, 1.82) is 0 Å². The van der Waals surface area contributed by atoms with Crippen molar-refractivity contribution in [3.8, 4) is 0 Å². The van der Waals surface area contributed by atoms with E-state index in [4.69, 9.17) is 0 Å². The maximum absolute atomic E-state index is 12.1. The second kappa shape index (κ2) is 7.33. The van der Waals surface area contributed by atoms with Crippen molar-refractivity contribution in [3.05, 3.63) is 48.2 Å². The van der Waals surface area contributed by atoms with Gasteiger partial charge in [0.25, 0.3) is 5.91 Å². The van der Waals surface area contributed by atoms with E-state index in [0.717, 1.165) is 18.7 Å². The summed E-state index contributed by atoms with van der Waals surface area (Å²) < 4.78 is 0. The fraction of sp³-hybridized carbons (Fsp3) is 0.333. The van der Waals surface area contributed by atoms with Crippen LogP contribution in [0.5, 0.6) is 0 Å². The summed E-state index contributed by atoms with van der Waals surface area (Å²) in [7, 11) is 0. The van der Waals surface area contributed by atoms with E-state index < -0.39 is 0 Å². The zero-order chi connectivity index (χ0) is 15.1. The summed E-state index contributed by atoms with van der Waals surface area (Å²) in [5, 5.41) is 5.96. The standard InChI is InChI=1S/C15H19N5O/c1-3-7-17-14-10-18-13(9-19-14)15(21)20-11(2)12-6-4-5-8-16-12/h4-6,8-11H,3,7H2,1-2H3,(H,17,19)(H,20,21). The molecule has 0 fully saturated rings. The van der Waals surface area contributed by atoms with Gasteiger partial charge in [-0.25, -0.2) is 9.97 Å². The zero-order valence-corrected chi connectivity index (χ0v) is 12.2. The smallest absolute Gasteiger partial charge is 0.272 e. The van der Waals surface area contributed by atoms with Gasteiger partial charge in [0.1, 0.15) is 11.5 Å². The Labute approximate surface area is 124 Å². The molecule has 1 atom stereocenters. The maximum atomic E-state index is 12.1. The molecule has 0 saturated carbocycles. The van der Waals surface area contributed by atoms with Crippen LogP contribution >= 0.6 is 0 Å². The predicted octanol–water partition coefficient (Wildman–Crippen LogP) is 2.18. The minimum Gasteiger partial charge on any atom is -0.369 e. The fourth-order valence-corrected chi connectivity index (χ4v) is 1.77. The molecule has 21 heavy (non-hydrogen) atoms. The first-order chi connectivity index (χ1) is 10.2. The lowest BCUT2D eigenvalue weighted by atomic mass is 10.2. The molecule has 2 rings (SSSR count). The van der Waals surface area contributed by atoms with E-state index in [1.165, 1.54) is 6.20 Å². The molecule has 6 heteroatoms. The van der Waals surface area contributed by atoms with Crippen molar-refractivity contribution >= 4 is 11.7 Å². The lowest BCUT2D eigenvalue weighted by Gasteiger charge is -2.12. The van der Waals surface area contributed by atoms with Gasteiger partial charge in [-0.3, -0.25) is 9.78 Å². The van der Waals surface area contributed by atoms with E-state index in [0.29, 0.717) is 11.5 Å². The second-order valence-electron chi connectivity index (χ2n) is 4.66. The van der Waals surface area contributed by atoms with Crippen LogP contribution in [0.25, 0.3) is 0 Å². The average Bonchev–Trinajstić information content (AvgIpc) is 2.54. The Morgan fingerprint density at radius 1 is 1.24 bits per heavy atom. The van der Waals surface area contributed by atoms with Gasteiger partial charge in [-0.05, 0) is 25.5 Å². The molecule has 2 heterocycles.